The van der Waals surface area contributed by atoms with E-state index < -0.39 is 0 Å². The van der Waals surface area contributed by atoms with Crippen LogP contribution in [0.15, 0.2) is 30.3 Å². The number of likely N-dealkylation sites (tertiary alicyclic amines) is 2. The number of hydrogen-bond donors (Lipinski definition) is 0. The molecule has 3 rings (SSSR count). The van der Waals surface area contributed by atoms with Gasteiger partial charge in [-0.05, 0) is 62.5 Å². The molecule has 1 unspecified atom stereocenters. The highest BCUT2D eigenvalue weighted by Crippen LogP contribution is 2.20. The number of hydrogen-bond acceptors (Lipinski definition) is 4. The van der Waals surface area contributed by atoms with Gasteiger partial charge in [-0.25, -0.2) is 4.79 Å². The number of nitrogens with zero attached hydrogens (tertiary/aromatic N) is 2. The minimum absolute atomic E-state index is 0.0703. The molecule has 25 heavy (non-hydrogen) atoms. The van der Waals surface area contributed by atoms with Crippen LogP contribution < -0.4 is 0 Å². The molecule has 0 aliphatic carbocycles. The molecule has 2 aliphatic rings. The molecule has 1 atom stereocenters. The summed E-state index contributed by atoms with van der Waals surface area (Å²) in [5.74, 6) is -0.284. The Morgan fingerprint density at radius 1 is 1.08 bits per heavy atom. The number of amides is 1. The molecule has 1 aromatic carbocycles. The normalized spacial score (nSPS) is 21.6. The molecule has 5 nitrogen and oxygen atoms in total. The predicted octanol–water partition coefficient (Wildman–Crippen LogP) is 2.57. The Morgan fingerprint density at radius 2 is 1.80 bits per heavy atom. The molecular formula is C20H26N2O3. The van der Waals surface area contributed by atoms with Crippen LogP contribution in [0.2, 0.25) is 0 Å². The summed E-state index contributed by atoms with van der Waals surface area (Å²) in [6, 6.07) is 7.58. The van der Waals surface area contributed by atoms with Gasteiger partial charge < -0.3 is 9.64 Å². The van der Waals surface area contributed by atoms with Crippen molar-refractivity contribution in [2.75, 3.05) is 33.3 Å². The van der Waals surface area contributed by atoms with Gasteiger partial charge >= 0.3 is 5.97 Å². The van der Waals surface area contributed by atoms with Crippen LogP contribution in [0.25, 0.3) is 6.08 Å². The van der Waals surface area contributed by atoms with Crippen LogP contribution >= 0.6 is 0 Å². The average Bonchev–Trinajstić information content (AvgIpc) is 3.21. The van der Waals surface area contributed by atoms with Crippen LogP contribution in [-0.4, -0.2) is 61.0 Å². The number of benzene rings is 1. The molecule has 1 aromatic rings. The fourth-order valence-electron chi connectivity index (χ4n) is 3.68. The van der Waals surface area contributed by atoms with Gasteiger partial charge in [0.2, 0.25) is 5.91 Å². The maximum absolute atomic E-state index is 12.5. The first kappa shape index (κ1) is 17.7. The van der Waals surface area contributed by atoms with Crippen molar-refractivity contribution in [1.82, 2.24) is 9.80 Å². The van der Waals surface area contributed by atoms with Gasteiger partial charge in [0, 0.05) is 25.2 Å². The first-order chi connectivity index (χ1) is 12.2. The molecule has 0 spiro atoms. The summed E-state index contributed by atoms with van der Waals surface area (Å²) in [5, 5.41) is 0. The molecule has 2 heterocycles. The lowest BCUT2D eigenvalue weighted by atomic mass is 10.0. The van der Waals surface area contributed by atoms with Crippen molar-refractivity contribution >= 4 is 18.0 Å². The van der Waals surface area contributed by atoms with Crippen LogP contribution in [0.5, 0.6) is 0 Å². The van der Waals surface area contributed by atoms with E-state index in [1.54, 1.807) is 18.2 Å². The number of carbonyl (C=O) groups excluding carboxylic acids is 2. The molecule has 1 amide bonds. The van der Waals surface area contributed by atoms with Gasteiger partial charge in [0.15, 0.2) is 0 Å². The van der Waals surface area contributed by atoms with E-state index in [-0.39, 0.29) is 11.9 Å². The van der Waals surface area contributed by atoms with Gasteiger partial charge in [-0.1, -0.05) is 12.1 Å². The topological polar surface area (TPSA) is 49.9 Å². The molecule has 134 valence electrons. The summed E-state index contributed by atoms with van der Waals surface area (Å²) in [7, 11) is 1.36. The maximum atomic E-state index is 12.5. The Balaban J connectivity index is 1.57. The van der Waals surface area contributed by atoms with Crippen molar-refractivity contribution < 1.29 is 14.3 Å². The van der Waals surface area contributed by atoms with E-state index in [0.29, 0.717) is 11.6 Å². The SMILES string of the molecule is COC(=O)c1ccc(/C=C/C(=O)N2CCCC(N3CCCC3)C2)cc1. The third kappa shape index (κ3) is 4.48. The van der Waals surface area contributed by atoms with Crippen molar-refractivity contribution in [3.05, 3.63) is 41.5 Å². The summed E-state index contributed by atoms with van der Waals surface area (Å²) in [6.07, 6.45) is 8.29. The molecule has 0 bridgehead atoms. The fraction of sp³-hybridized carbons (Fsp3) is 0.500. The Labute approximate surface area is 149 Å². The minimum Gasteiger partial charge on any atom is -0.465 e. The standard InChI is InChI=1S/C20H26N2O3/c1-25-20(24)17-9-6-16(7-10-17)8-11-19(23)22-14-4-5-18(15-22)21-12-2-3-13-21/h6-11,18H,2-5,12-15H2,1H3/b11-8+. The summed E-state index contributed by atoms with van der Waals surface area (Å²) >= 11 is 0. The van der Waals surface area contributed by atoms with E-state index in [1.807, 2.05) is 23.1 Å². The number of methoxy groups -OCH3 is 1. The molecule has 2 saturated heterocycles. The lowest BCUT2D eigenvalue weighted by molar-refractivity contribution is -0.128. The van der Waals surface area contributed by atoms with E-state index in [4.69, 9.17) is 0 Å². The zero-order valence-corrected chi connectivity index (χ0v) is 14.8. The van der Waals surface area contributed by atoms with Gasteiger partial charge in [-0.2, -0.15) is 0 Å². The number of carbonyl (C=O) groups is 2. The van der Waals surface area contributed by atoms with Gasteiger partial charge in [-0.3, -0.25) is 9.69 Å². The third-order valence-corrected chi connectivity index (χ3v) is 5.12. The molecule has 0 aromatic heterocycles. The summed E-state index contributed by atoms with van der Waals surface area (Å²) in [5.41, 5.74) is 1.41. The lowest BCUT2D eigenvalue weighted by Gasteiger charge is -2.37. The van der Waals surface area contributed by atoms with E-state index in [0.717, 1.165) is 25.1 Å². The summed E-state index contributed by atoms with van der Waals surface area (Å²) < 4.78 is 4.68. The van der Waals surface area contributed by atoms with E-state index >= 15 is 0 Å². The molecule has 0 radical (unpaired) electrons. The fourth-order valence-corrected chi connectivity index (χ4v) is 3.68. The molecule has 2 fully saturated rings. The van der Waals surface area contributed by atoms with Gasteiger partial charge in [0.05, 0.1) is 12.7 Å². The first-order valence-electron chi connectivity index (χ1n) is 9.07. The van der Waals surface area contributed by atoms with Crippen molar-refractivity contribution in [2.45, 2.75) is 31.7 Å². The van der Waals surface area contributed by atoms with Crippen LogP contribution in [0.3, 0.4) is 0 Å². The molecule has 0 saturated carbocycles. The summed E-state index contributed by atoms with van der Waals surface area (Å²) in [4.78, 5) is 28.4. The summed E-state index contributed by atoms with van der Waals surface area (Å²) in [6.45, 7) is 4.03. The third-order valence-electron chi connectivity index (χ3n) is 5.12. The number of ether oxygens (including phenoxy) is 1. The number of esters is 1. The van der Waals surface area contributed by atoms with Crippen molar-refractivity contribution in [2.24, 2.45) is 0 Å². The minimum atomic E-state index is -0.354. The highest BCUT2D eigenvalue weighted by Gasteiger charge is 2.28. The Kier molecular flexibility index (Phi) is 5.87. The van der Waals surface area contributed by atoms with Crippen LogP contribution in [0.1, 0.15) is 41.6 Å². The zero-order chi connectivity index (χ0) is 17.6. The quantitative estimate of drug-likeness (QED) is 0.623. The Bertz CT molecular complexity index is 633. The maximum Gasteiger partial charge on any atom is 0.337 e. The van der Waals surface area contributed by atoms with Crippen LogP contribution in [0, 0.1) is 0 Å². The average molecular weight is 342 g/mol. The van der Waals surface area contributed by atoms with E-state index in [2.05, 4.69) is 9.64 Å². The predicted molar refractivity (Wildman–Crippen MR) is 97.2 cm³/mol. The van der Waals surface area contributed by atoms with Gasteiger partial charge in [0.1, 0.15) is 0 Å². The molecule has 5 heteroatoms. The monoisotopic (exact) mass is 342 g/mol. The Morgan fingerprint density at radius 3 is 2.48 bits per heavy atom. The number of rotatable bonds is 4. The van der Waals surface area contributed by atoms with E-state index in [9.17, 15) is 9.59 Å². The highest BCUT2D eigenvalue weighted by atomic mass is 16.5. The molecule has 0 N–H and O–H groups in total. The van der Waals surface area contributed by atoms with Crippen molar-refractivity contribution in [1.29, 1.82) is 0 Å². The van der Waals surface area contributed by atoms with Crippen LogP contribution in [0.4, 0.5) is 0 Å². The van der Waals surface area contributed by atoms with Crippen molar-refractivity contribution in [3.63, 3.8) is 0 Å². The second kappa shape index (κ2) is 8.30. The first-order valence-corrected chi connectivity index (χ1v) is 9.07. The smallest absolute Gasteiger partial charge is 0.337 e. The van der Waals surface area contributed by atoms with Crippen molar-refractivity contribution in [3.8, 4) is 0 Å². The number of piperidine rings is 1. The molecule has 2 aliphatic heterocycles. The molecular weight excluding hydrogens is 316 g/mol. The van der Waals surface area contributed by atoms with Gasteiger partial charge in [-0.15, -0.1) is 0 Å². The largest absolute Gasteiger partial charge is 0.465 e. The second-order valence-electron chi connectivity index (χ2n) is 6.77. The lowest BCUT2D eigenvalue weighted by Crippen LogP contribution is -2.48. The highest BCUT2D eigenvalue weighted by molar-refractivity contribution is 5.92. The Hall–Kier alpha value is -2.14. The van der Waals surface area contributed by atoms with Crippen LogP contribution in [-0.2, 0) is 9.53 Å². The zero-order valence-electron chi connectivity index (χ0n) is 14.8. The van der Waals surface area contributed by atoms with E-state index in [1.165, 1.54) is 39.5 Å². The van der Waals surface area contributed by atoms with Gasteiger partial charge in [0.25, 0.3) is 0 Å². The second-order valence-corrected chi connectivity index (χ2v) is 6.77.